The van der Waals surface area contributed by atoms with Gasteiger partial charge in [0.1, 0.15) is 6.26 Å². The molecule has 0 aliphatic heterocycles. The second kappa shape index (κ2) is 4.84. The van der Waals surface area contributed by atoms with Crippen LogP contribution in [-0.4, -0.2) is 16.0 Å². The molecule has 1 atom stereocenters. The second-order valence-electron chi connectivity index (χ2n) is 4.88. The van der Waals surface area contributed by atoms with Gasteiger partial charge in [-0.15, -0.1) is 0 Å². The zero-order chi connectivity index (χ0) is 13.2. The Morgan fingerprint density at radius 2 is 2.26 bits per heavy atom. The third kappa shape index (κ3) is 2.65. The molecule has 0 spiro atoms. The van der Waals surface area contributed by atoms with E-state index in [-0.39, 0.29) is 11.9 Å². The van der Waals surface area contributed by atoms with E-state index < -0.39 is 0 Å². The maximum atomic E-state index is 12.0. The summed E-state index contributed by atoms with van der Waals surface area (Å²) in [7, 11) is 0. The highest BCUT2D eigenvalue weighted by Gasteiger charge is 2.34. The first kappa shape index (κ1) is 11.9. The Labute approximate surface area is 111 Å². The predicted molar refractivity (Wildman–Crippen MR) is 68.4 cm³/mol. The summed E-state index contributed by atoms with van der Waals surface area (Å²) >= 11 is 0. The molecule has 1 amide bonds. The van der Waals surface area contributed by atoms with Crippen LogP contribution in [0.5, 0.6) is 0 Å². The number of carbonyl (C=O) groups excluding carboxylic acids is 1. The van der Waals surface area contributed by atoms with Crippen molar-refractivity contribution >= 4 is 5.91 Å². The summed E-state index contributed by atoms with van der Waals surface area (Å²) < 4.78 is 4.69. The van der Waals surface area contributed by atoms with E-state index in [9.17, 15) is 4.79 Å². The average molecular weight is 257 g/mol. The third-order valence-electron chi connectivity index (χ3n) is 3.28. The number of amides is 1. The summed E-state index contributed by atoms with van der Waals surface area (Å²) in [5.41, 5.74) is 2.18. The zero-order valence-corrected chi connectivity index (χ0v) is 10.7. The quantitative estimate of drug-likeness (QED) is 0.912. The van der Waals surface area contributed by atoms with Crippen molar-refractivity contribution in [2.45, 2.75) is 25.8 Å². The number of hydrogen-bond acceptors (Lipinski definition) is 4. The van der Waals surface area contributed by atoms with Gasteiger partial charge in [-0.05, 0) is 37.8 Å². The van der Waals surface area contributed by atoms with Crippen molar-refractivity contribution in [2.24, 2.45) is 5.92 Å². The Morgan fingerprint density at radius 1 is 1.42 bits per heavy atom. The van der Waals surface area contributed by atoms with Gasteiger partial charge >= 0.3 is 0 Å². The summed E-state index contributed by atoms with van der Waals surface area (Å²) in [6.45, 7) is 1.95. The molecule has 0 unspecified atom stereocenters. The SMILES string of the molecule is Cc1cccc([C@@H](NC(=O)c2ccon2)C2CC2)n1. The molecule has 2 aromatic heterocycles. The van der Waals surface area contributed by atoms with Crippen molar-refractivity contribution < 1.29 is 9.32 Å². The van der Waals surface area contributed by atoms with Crippen LogP contribution in [0.2, 0.25) is 0 Å². The zero-order valence-electron chi connectivity index (χ0n) is 10.7. The molecular weight excluding hydrogens is 242 g/mol. The lowest BCUT2D eigenvalue weighted by atomic mass is 10.1. The maximum absolute atomic E-state index is 12.0. The first-order chi connectivity index (χ1) is 9.24. The highest BCUT2D eigenvalue weighted by molar-refractivity contribution is 5.92. The molecular formula is C14H15N3O2. The van der Waals surface area contributed by atoms with Crippen LogP contribution in [0.3, 0.4) is 0 Å². The molecule has 5 heteroatoms. The maximum Gasteiger partial charge on any atom is 0.274 e. The number of aromatic nitrogens is 2. The molecule has 1 aliphatic carbocycles. The minimum atomic E-state index is -0.214. The number of rotatable bonds is 4. The van der Waals surface area contributed by atoms with Crippen LogP contribution in [0.1, 0.15) is 40.8 Å². The van der Waals surface area contributed by atoms with Gasteiger partial charge in [0.2, 0.25) is 0 Å². The molecule has 1 fully saturated rings. The monoisotopic (exact) mass is 257 g/mol. The molecule has 2 aromatic rings. The van der Waals surface area contributed by atoms with Crippen LogP contribution in [-0.2, 0) is 0 Å². The fourth-order valence-corrected chi connectivity index (χ4v) is 2.15. The average Bonchev–Trinajstić information content (AvgIpc) is 3.09. The summed E-state index contributed by atoms with van der Waals surface area (Å²) in [6, 6.07) is 7.40. The molecule has 0 bridgehead atoms. The van der Waals surface area contributed by atoms with Crippen LogP contribution in [0.25, 0.3) is 0 Å². The van der Waals surface area contributed by atoms with Gasteiger partial charge in [0.25, 0.3) is 5.91 Å². The van der Waals surface area contributed by atoms with Gasteiger partial charge < -0.3 is 9.84 Å². The van der Waals surface area contributed by atoms with E-state index in [0.717, 1.165) is 24.2 Å². The topological polar surface area (TPSA) is 68.0 Å². The normalized spacial score (nSPS) is 16.1. The summed E-state index contributed by atoms with van der Waals surface area (Å²) in [6.07, 6.45) is 3.64. The standard InChI is InChI=1S/C14H15N3O2/c1-9-3-2-4-11(15-9)13(10-5-6-10)16-14(18)12-7-8-19-17-12/h2-4,7-8,10,13H,5-6H2,1H3,(H,16,18)/t13-/m0/s1. The molecule has 0 saturated heterocycles. The Kier molecular flexibility index (Phi) is 3.03. The van der Waals surface area contributed by atoms with E-state index in [1.807, 2.05) is 25.1 Å². The molecule has 0 aromatic carbocycles. The van der Waals surface area contributed by atoms with E-state index in [2.05, 4.69) is 15.5 Å². The largest absolute Gasteiger partial charge is 0.364 e. The van der Waals surface area contributed by atoms with Gasteiger partial charge in [-0.3, -0.25) is 9.78 Å². The summed E-state index contributed by atoms with van der Waals surface area (Å²) in [5, 5.41) is 6.65. The van der Waals surface area contributed by atoms with Crippen molar-refractivity contribution in [3.8, 4) is 0 Å². The molecule has 19 heavy (non-hydrogen) atoms. The molecule has 3 rings (SSSR count). The predicted octanol–water partition coefficient (Wildman–Crippen LogP) is 2.26. The van der Waals surface area contributed by atoms with Crippen LogP contribution in [0, 0.1) is 12.8 Å². The lowest BCUT2D eigenvalue weighted by molar-refractivity contribution is 0.0921. The second-order valence-corrected chi connectivity index (χ2v) is 4.88. The lowest BCUT2D eigenvalue weighted by Crippen LogP contribution is -2.30. The number of carbonyl (C=O) groups is 1. The minimum absolute atomic E-state index is 0.0379. The highest BCUT2D eigenvalue weighted by atomic mass is 16.5. The summed E-state index contributed by atoms with van der Waals surface area (Å²) in [4.78, 5) is 16.6. The van der Waals surface area contributed by atoms with Crippen molar-refractivity contribution in [1.29, 1.82) is 0 Å². The summed E-state index contributed by atoms with van der Waals surface area (Å²) in [5.74, 6) is 0.263. The molecule has 1 aliphatic rings. The van der Waals surface area contributed by atoms with Gasteiger partial charge in [0.05, 0.1) is 11.7 Å². The Balaban J connectivity index is 1.80. The molecule has 0 radical (unpaired) electrons. The fourth-order valence-electron chi connectivity index (χ4n) is 2.15. The smallest absolute Gasteiger partial charge is 0.274 e. The third-order valence-corrected chi connectivity index (χ3v) is 3.28. The molecule has 1 N–H and O–H groups in total. The van der Waals surface area contributed by atoms with E-state index in [1.54, 1.807) is 6.07 Å². The lowest BCUT2D eigenvalue weighted by Gasteiger charge is -2.17. The Hall–Kier alpha value is -2.17. The van der Waals surface area contributed by atoms with Gasteiger partial charge in [0.15, 0.2) is 5.69 Å². The Bertz CT molecular complexity index is 576. The van der Waals surface area contributed by atoms with Gasteiger partial charge in [0, 0.05) is 11.8 Å². The molecule has 98 valence electrons. The van der Waals surface area contributed by atoms with Gasteiger partial charge in [-0.2, -0.15) is 0 Å². The van der Waals surface area contributed by atoms with Gasteiger partial charge in [-0.25, -0.2) is 0 Å². The first-order valence-electron chi connectivity index (χ1n) is 6.39. The van der Waals surface area contributed by atoms with E-state index in [0.29, 0.717) is 11.6 Å². The highest BCUT2D eigenvalue weighted by Crippen LogP contribution is 2.40. The van der Waals surface area contributed by atoms with E-state index in [1.165, 1.54) is 6.26 Å². The number of nitrogens with one attached hydrogen (secondary N) is 1. The van der Waals surface area contributed by atoms with Crippen LogP contribution in [0.15, 0.2) is 35.1 Å². The van der Waals surface area contributed by atoms with Crippen molar-refractivity contribution in [3.63, 3.8) is 0 Å². The van der Waals surface area contributed by atoms with Crippen molar-refractivity contribution in [2.75, 3.05) is 0 Å². The van der Waals surface area contributed by atoms with Crippen molar-refractivity contribution in [3.05, 3.63) is 47.6 Å². The fraction of sp³-hybridized carbons (Fsp3) is 0.357. The molecule has 1 saturated carbocycles. The van der Waals surface area contributed by atoms with Crippen LogP contribution < -0.4 is 5.32 Å². The number of nitrogens with zero attached hydrogens (tertiary/aromatic N) is 2. The number of pyridine rings is 1. The van der Waals surface area contributed by atoms with E-state index >= 15 is 0 Å². The van der Waals surface area contributed by atoms with E-state index in [4.69, 9.17) is 4.52 Å². The first-order valence-corrected chi connectivity index (χ1v) is 6.39. The molecule has 2 heterocycles. The minimum Gasteiger partial charge on any atom is -0.364 e. The molecule has 5 nitrogen and oxygen atoms in total. The number of aryl methyl sites for hydroxylation is 1. The van der Waals surface area contributed by atoms with Crippen LogP contribution >= 0.6 is 0 Å². The van der Waals surface area contributed by atoms with Crippen LogP contribution in [0.4, 0.5) is 0 Å². The Morgan fingerprint density at radius 3 is 2.89 bits per heavy atom. The number of hydrogen-bond donors (Lipinski definition) is 1. The van der Waals surface area contributed by atoms with Gasteiger partial charge in [-0.1, -0.05) is 11.2 Å². The van der Waals surface area contributed by atoms with Crippen molar-refractivity contribution in [1.82, 2.24) is 15.5 Å².